The van der Waals surface area contributed by atoms with Gasteiger partial charge in [-0.3, -0.25) is 0 Å². The van der Waals surface area contributed by atoms with E-state index in [1.165, 1.54) is 11.1 Å². The van der Waals surface area contributed by atoms with Crippen molar-refractivity contribution in [3.8, 4) is 0 Å². The lowest BCUT2D eigenvalue weighted by molar-refractivity contribution is 0.119. The molecule has 1 unspecified atom stereocenters. The minimum absolute atomic E-state index is 0.103. The first-order valence-corrected chi connectivity index (χ1v) is 7.84. The third-order valence-corrected chi connectivity index (χ3v) is 4.08. The molecule has 0 bridgehead atoms. The first kappa shape index (κ1) is 15.4. The van der Waals surface area contributed by atoms with E-state index in [0.717, 1.165) is 29.7 Å². The van der Waals surface area contributed by atoms with Crippen LogP contribution in [0.5, 0.6) is 0 Å². The smallest absolute Gasteiger partial charge is 0.137 e. The second kappa shape index (κ2) is 7.20. The van der Waals surface area contributed by atoms with Crippen LogP contribution in [0.2, 0.25) is 0 Å². The lowest BCUT2D eigenvalue weighted by Gasteiger charge is -2.15. The third kappa shape index (κ3) is 3.48. The number of nitrogens with zero attached hydrogens (tertiary/aromatic N) is 2. The summed E-state index contributed by atoms with van der Waals surface area (Å²) in [6, 6.07) is 16.4. The maximum absolute atomic E-state index is 5.46. The van der Waals surface area contributed by atoms with Crippen LogP contribution in [0.3, 0.4) is 0 Å². The molecule has 118 valence electrons. The number of ether oxygens (including phenoxy) is 1. The van der Waals surface area contributed by atoms with Gasteiger partial charge in [-0.25, -0.2) is 9.97 Å². The highest BCUT2D eigenvalue weighted by molar-refractivity contribution is 5.88. The Balaban J connectivity index is 1.72. The number of rotatable bonds is 6. The summed E-state index contributed by atoms with van der Waals surface area (Å²) in [7, 11) is 1.74. The summed E-state index contributed by atoms with van der Waals surface area (Å²) in [5, 5.41) is 4.48. The summed E-state index contributed by atoms with van der Waals surface area (Å²) in [5.74, 6) is 0.882. The Morgan fingerprint density at radius 3 is 2.70 bits per heavy atom. The van der Waals surface area contributed by atoms with Gasteiger partial charge in [0.25, 0.3) is 0 Å². The van der Waals surface area contributed by atoms with Crippen LogP contribution in [0.15, 0.2) is 54.9 Å². The van der Waals surface area contributed by atoms with Gasteiger partial charge in [-0.15, -0.1) is 0 Å². The highest BCUT2D eigenvalue weighted by atomic mass is 16.5. The van der Waals surface area contributed by atoms with Gasteiger partial charge in [0.2, 0.25) is 0 Å². The van der Waals surface area contributed by atoms with Crippen molar-refractivity contribution in [1.82, 2.24) is 9.97 Å². The molecular formula is C19H21N3O. The number of benzene rings is 2. The van der Waals surface area contributed by atoms with Gasteiger partial charge in [0.05, 0.1) is 11.6 Å². The first-order valence-electron chi connectivity index (χ1n) is 7.84. The molecule has 0 amide bonds. The van der Waals surface area contributed by atoms with E-state index in [-0.39, 0.29) is 6.10 Å². The number of hydrogen-bond acceptors (Lipinski definition) is 4. The van der Waals surface area contributed by atoms with Gasteiger partial charge < -0.3 is 10.1 Å². The lowest BCUT2D eigenvalue weighted by atomic mass is 10.0. The van der Waals surface area contributed by atoms with Crippen molar-refractivity contribution in [2.24, 2.45) is 0 Å². The van der Waals surface area contributed by atoms with Gasteiger partial charge in [0, 0.05) is 19.0 Å². The van der Waals surface area contributed by atoms with Crippen LogP contribution in [0.25, 0.3) is 10.9 Å². The van der Waals surface area contributed by atoms with Crippen molar-refractivity contribution in [3.63, 3.8) is 0 Å². The molecule has 0 aliphatic heterocycles. The van der Waals surface area contributed by atoms with Gasteiger partial charge >= 0.3 is 0 Å². The predicted octanol–water partition coefficient (Wildman–Crippen LogP) is 3.99. The molecule has 0 saturated heterocycles. The van der Waals surface area contributed by atoms with Crippen LogP contribution in [-0.4, -0.2) is 23.6 Å². The van der Waals surface area contributed by atoms with E-state index < -0.39 is 0 Å². The summed E-state index contributed by atoms with van der Waals surface area (Å²) in [4.78, 5) is 8.65. The standard InChI is InChI=1S/C19H21N3O/c1-14(23-2)16-8-4-3-7-15(16)11-12-20-19-17-9-5-6-10-18(17)21-13-22-19/h3-10,13-14H,11-12H2,1-2H3,(H,20,21,22). The molecule has 0 aliphatic carbocycles. The molecule has 3 aromatic rings. The van der Waals surface area contributed by atoms with Crippen LogP contribution in [-0.2, 0) is 11.2 Å². The molecule has 0 saturated carbocycles. The molecule has 2 aromatic carbocycles. The van der Waals surface area contributed by atoms with E-state index in [9.17, 15) is 0 Å². The van der Waals surface area contributed by atoms with E-state index in [1.54, 1.807) is 13.4 Å². The van der Waals surface area contributed by atoms with Crippen molar-refractivity contribution in [1.29, 1.82) is 0 Å². The van der Waals surface area contributed by atoms with Crippen LogP contribution in [0, 0.1) is 0 Å². The Labute approximate surface area is 136 Å². The van der Waals surface area contributed by atoms with Gasteiger partial charge in [0.1, 0.15) is 12.1 Å². The zero-order valence-electron chi connectivity index (χ0n) is 13.5. The van der Waals surface area contributed by atoms with E-state index >= 15 is 0 Å². The molecule has 1 atom stereocenters. The topological polar surface area (TPSA) is 47.0 Å². The minimum atomic E-state index is 0.103. The van der Waals surface area contributed by atoms with Gasteiger partial charge in [-0.05, 0) is 36.6 Å². The maximum Gasteiger partial charge on any atom is 0.137 e. The van der Waals surface area contributed by atoms with E-state index in [4.69, 9.17) is 4.74 Å². The molecule has 1 N–H and O–H groups in total. The van der Waals surface area contributed by atoms with Crippen molar-refractivity contribution < 1.29 is 4.74 Å². The van der Waals surface area contributed by atoms with E-state index in [0.29, 0.717) is 0 Å². The Morgan fingerprint density at radius 1 is 1.04 bits per heavy atom. The SMILES string of the molecule is COC(C)c1ccccc1CCNc1ncnc2ccccc12. The lowest BCUT2D eigenvalue weighted by Crippen LogP contribution is -2.09. The third-order valence-electron chi connectivity index (χ3n) is 4.08. The van der Waals surface area contributed by atoms with Crippen LogP contribution < -0.4 is 5.32 Å². The quantitative estimate of drug-likeness (QED) is 0.748. The number of methoxy groups -OCH3 is 1. The Bertz CT molecular complexity index is 783. The summed E-state index contributed by atoms with van der Waals surface area (Å²) in [6.07, 6.45) is 2.62. The predicted molar refractivity (Wildman–Crippen MR) is 93.6 cm³/mol. The fourth-order valence-corrected chi connectivity index (χ4v) is 2.75. The monoisotopic (exact) mass is 307 g/mol. The molecule has 1 heterocycles. The summed E-state index contributed by atoms with van der Waals surface area (Å²) >= 11 is 0. The summed E-state index contributed by atoms with van der Waals surface area (Å²) in [5.41, 5.74) is 3.50. The number of fused-ring (bicyclic) bond motifs is 1. The molecule has 1 aromatic heterocycles. The molecule has 0 aliphatic rings. The van der Waals surface area contributed by atoms with Crippen molar-refractivity contribution in [3.05, 3.63) is 66.0 Å². The second-order valence-electron chi connectivity index (χ2n) is 5.49. The number of nitrogens with one attached hydrogen (secondary N) is 1. The number of para-hydroxylation sites is 1. The fraction of sp³-hybridized carbons (Fsp3) is 0.263. The molecule has 4 nitrogen and oxygen atoms in total. The fourth-order valence-electron chi connectivity index (χ4n) is 2.75. The maximum atomic E-state index is 5.46. The number of aromatic nitrogens is 2. The van der Waals surface area contributed by atoms with Crippen molar-refractivity contribution >= 4 is 16.7 Å². The number of anilines is 1. The van der Waals surface area contributed by atoms with Crippen LogP contribution >= 0.6 is 0 Å². The van der Waals surface area contributed by atoms with Crippen molar-refractivity contribution in [2.45, 2.75) is 19.4 Å². The molecule has 0 radical (unpaired) electrons. The Hall–Kier alpha value is -2.46. The largest absolute Gasteiger partial charge is 0.377 e. The Morgan fingerprint density at radius 2 is 1.83 bits per heavy atom. The van der Waals surface area contributed by atoms with Gasteiger partial charge in [-0.2, -0.15) is 0 Å². The minimum Gasteiger partial charge on any atom is -0.377 e. The summed E-state index contributed by atoms with van der Waals surface area (Å²) in [6.45, 7) is 2.89. The van der Waals surface area contributed by atoms with Gasteiger partial charge in [0.15, 0.2) is 0 Å². The summed E-state index contributed by atoms with van der Waals surface area (Å²) < 4.78 is 5.46. The average Bonchev–Trinajstić information content (AvgIpc) is 2.61. The highest BCUT2D eigenvalue weighted by Crippen LogP contribution is 2.22. The Kier molecular flexibility index (Phi) is 4.83. The average molecular weight is 307 g/mol. The van der Waals surface area contributed by atoms with E-state index in [1.807, 2.05) is 24.3 Å². The molecule has 23 heavy (non-hydrogen) atoms. The normalized spacial score (nSPS) is 12.3. The molecule has 3 rings (SSSR count). The van der Waals surface area contributed by atoms with E-state index in [2.05, 4.69) is 46.5 Å². The molecular weight excluding hydrogens is 286 g/mol. The second-order valence-corrected chi connectivity index (χ2v) is 5.49. The van der Waals surface area contributed by atoms with Crippen molar-refractivity contribution in [2.75, 3.05) is 19.0 Å². The first-order chi connectivity index (χ1) is 11.3. The highest BCUT2D eigenvalue weighted by Gasteiger charge is 2.09. The zero-order chi connectivity index (χ0) is 16.1. The molecule has 4 heteroatoms. The zero-order valence-corrected chi connectivity index (χ0v) is 13.5. The van der Waals surface area contributed by atoms with Gasteiger partial charge in [-0.1, -0.05) is 36.4 Å². The molecule has 0 fully saturated rings. The van der Waals surface area contributed by atoms with Crippen LogP contribution in [0.4, 0.5) is 5.82 Å². The van der Waals surface area contributed by atoms with Crippen LogP contribution in [0.1, 0.15) is 24.2 Å². The molecule has 0 spiro atoms. The number of hydrogen-bond donors (Lipinski definition) is 1.